The number of alkyl halides is 3. The minimum atomic E-state index is -4.68. The van der Waals surface area contributed by atoms with Crippen LogP contribution in [-0.2, 0) is 17.5 Å². The predicted molar refractivity (Wildman–Crippen MR) is 123 cm³/mol. The zero-order valence-electron chi connectivity index (χ0n) is 19.2. The zero-order chi connectivity index (χ0) is 25.2. The monoisotopic (exact) mass is 485 g/mol. The molecule has 1 heterocycles. The SMILES string of the molecule is Cc1ccc(CNC(=O)N2CCN(c3ccc(C#N)c(C(F)(F)F)c3)CC2C(=O)NC2CC2)cc1. The first-order valence-electron chi connectivity index (χ1n) is 11.4. The fraction of sp³-hybridized carbons (Fsp3) is 0.400. The van der Waals surface area contributed by atoms with Gasteiger partial charge in [0.2, 0.25) is 5.91 Å². The van der Waals surface area contributed by atoms with Crippen molar-refractivity contribution in [3.8, 4) is 6.07 Å². The van der Waals surface area contributed by atoms with E-state index in [1.165, 1.54) is 11.0 Å². The number of hydrogen-bond donors (Lipinski definition) is 2. The second-order valence-corrected chi connectivity index (χ2v) is 8.92. The molecule has 1 unspecified atom stereocenters. The Bertz CT molecular complexity index is 1140. The lowest BCUT2D eigenvalue weighted by molar-refractivity contribution is -0.137. The number of anilines is 1. The standard InChI is InChI=1S/C25H26F3N5O2/c1-16-2-4-17(5-3-16)14-30-24(35)33-11-10-32(15-22(33)23(34)31-19-7-8-19)20-9-6-18(13-29)21(12-20)25(26,27)28/h2-6,9,12,19,22H,7-8,10-11,14-15H2,1H3,(H,30,35)(H,31,34). The molecule has 7 nitrogen and oxygen atoms in total. The summed E-state index contributed by atoms with van der Waals surface area (Å²) in [5.41, 5.74) is 0.789. The van der Waals surface area contributed by atoms with Crippen LogP contribution in [0.1, 0.15) is 35.1 Å². The summed E-state index contributed by atoms with van der Waals surface area (Å²) in [6.07, 6.45) is -2.94. The van der Waals surface area contributed by atoms with Gasteiger partial charge in [-0.05, 0) is 43.5 Å². The van der Waals surface area contributed by atoms with Gasteiger partial charge in [0.1, 0.15) is 6.04 Å². The van der Waals surface area contributed by atoms with Gasteiger partial charge in [-0.2, -0.15) is 18.4 Å². The van der Waals surface area contributed by atoms with Crippen LogP contribution in [0.15, 0.2) is 42.5 Å². The molecule has 0 aromatic heterocycles. The van der Waals surface area contributed by atoms with E-state index in [2.05, 4.69) is 10.6 Å². The van der Waals surface area contributed by atoms with Crippen LogP contribution in [0.25, 0.3) is 0 Å². The first-order chi connectivity index (χ1) is 16.7. The topological polar surface area (TPSA) is 88.5 Å². The molecule has 2 aromatic carbocycles. The number of rotatable bonds is 5. The van der Waals surface area contributed by atoms with Gasteiger partial charge in [0, 0.05) is 37.9 Å². The minimum absolute atomic E-state index is 0.0414. The maximum atomic E-state index is 13.5. The first-order valence-corrected chi connectivity index (χ1v) is 11.4. The molecule has 0 bridgehead atoms. The summed E-state index contributed by atoms with van der Waals surface area (Å²) in [6.45, 7) is 2.70. The van der Waals surface area contributed by atoms with E-state index in [1.807, 2.05) is 31.2 Å². The second-order valence-electron chi connectivity index (χ2n) is 8.92. The zero-order valence-corrected chi connectivity index (χ0v) is 19.2. The molecule has 2 fully saturated rings. The van der Waals surface area contributed by atoms with Gasteiger partial charge in [0.15, 0.2) is 0 Å². The van der Waals surface area contributed by atoms with Gasteiger partial charge < -0.3 is 20.4 Å². The molecule has 1 aliphatic heterocycles. The molecule has 35 heavy (non-hydrogen) atoms. The van der Waals surface area contributed by atoms with E-state index in [4.69, 9.17) is 5.26 Å². The Kier molecular flexibility index (Phi) is 6.87. The highest BCUT2D eigenvalue weighted by atomic mass is 19.4. The Labute approximate surface area is 201 Å². The van der Waals surface area contributed by atoms with Crippen LogP contribution in [0.2, 0.25) is 0 Å². The molecule has 1 saturated carbocycles. The van der Waals surface area contributed by atoms with Crippen molar-refractivity contribution in [3.63, 3.8) is 0 Å². The van der Waals surface area contributed by atoms with E-state index in [9.17, 15) is 22.8 Å². The summed E-state index contributed by atoms with van der Waals surface area (Å²) in [5, 5.41) is 14.8. The average molecular weight is 486 g/mol. The van der Waals surface area contributed by atoms with Crippen LogP contribution >= 0.6 is 0 Å². The van der Waals surface area contributed by atoms with Gasteiger partial charge in [-0.1, -0.05) is 29.8 Å². The Morgan fingerprint density at radius 3 is 2.46 bits per heavy atom. The molecule has 2 aliphatic rings. The van der Waals surface area contributed by atoms with E-state index < -0.39 is 29.4 Å². The minimum Gasteiger partial charge on any atom is -0.367 e. The number of halogens is 3. The summed E-state index contributed by atoms with van der Waals surface area (Å²) in [5.74, 6) is -0.327. The number of aryl methyl sites for hydroxylation is 1. The Balaban J connectivity index is 1.51. The largest absolute Gasteiger partial charge is 0.417 e. The van der Waals surface area contributed by atoms with Gasteiger partial charge >= 0.3 is 12.2 Å². The lowest BCUT2D eigenvalue weighted by atomic mass is 10.0. The normalized spacial score (nSPS) is 18.1. The Morgan fingerprint density at radius 1 is 1.11 bits per heavy atom. The summed E-state index contributed by atoms with van der Waals surface area (Å²) in [6, 6.07) is 11.6. The van der Waals surface area contributed by atoms with Crippen LogP contribution < -0.4 is 15.5 Å². The highest BCUT2D eigenvalue weighted by Crippen LogP contribution is 2.35. The van der Waals surface area contributed by atoms with Crippen molar-refractivity contribution in [2.24, 2.45) is 0 Å². The molecule has 1 aliphatic carbocycles. The smallest absolute Gasteiger partial charge is 0.367 e. The average Bonchev–Trinajstić information content (AvgIpc) is 3.66. The molecular weight excluding hydrogens is 459 g/mol. The van der Waals surface area contributed by atoms with E-state index in [0.29, 0.717) is 6.54 Å². The number of amides is 3. The number of nitrogens with one attached hydrogen (secondary N) is 2. The van der Waals surface area contributed by atoms with Crippen LogP contribution in [0, 0.1) is 18.3 Å². The number of benzene rings is 2. The van der Waals surface area contributed by atoms with Crippen LogP contribution in [-0.4, -0.2) is 48.6 Å². The summed E-state index contributed by atoms with van der Waals surface area (Å²) in [4.78, 5) is 29.1. The number of hydrogen-bond acceptors (Lipinski definition) is 4. The van der Waals surface area contributed by atoms with E-state index >= 15 is 0 Å². The third-order valence-electron chi connectivity index (χ3n) is 6.23. The molecule has 3 amide bonds. The van der Waals surface area contributed by atoms with Crippen molar-refractivity contribution in [2.45, 2.75) is 44.6 Å². The van der Waals surface area contributed by atoms with Crippen molar-refractivity contribution in [2.75, 3.05) is 24.5 Å². The van der Waals surface area contributed by atoms with Crippen molar-refractivity contribution in [3.05, 3.63) is 64.7 Å². The maximum Gasteiger partial charge on any atom is 0.417 e. The van der Waals surface area contributed by atoms with Gasteiger partial charge in [-0.25, -0.2) is 4.79 Å². The Morgan fingerprint density at radius 2 is 1.83 bits per heavy atom. The lowest BCUT2D eigenvalue weighted by Crippen LogP contribution is -2.62. The van der Waals surface area contributed by atoms with Crippen LogP contribution in [0.3, 0.4) is 0 Å². The van der Waals surface area contributed by atoms with Crippen molar-refractivity contribution in [1.29, 1.82) is 5.26 Å². The summed E-state index contributed by atoms with van der Waals surface area (Å²) < 4.78 is 40.4. The van der Waals surface area contributed by atoms with Crippen molar-refractivity contribution in [1.82, 2.24) is 15.5 Å². The molecule has 0 spiro atoms. The summed E-state index contributed by atoms with van der Waals surface area (Å²) in [7, 11) is 0. The molecule has 0 radical (unpaired) electrons. The number of piperazine rings is 1. The lowest BCUT2D eigenvalue weighted by Gasteiger charge is -2.41. The van der Waals surface area contributed by atoms with Crippen molar-refractivity contribution < 1.29 is 22.8 Å². The van der Waals surface area contributed by atoms with Gasteiger partial charge in [-0.15, -0.1) is 0 Å². The fourth-order valence-corrected chi connectivity index (χ4v) is 4.06. The number of carbonyl (C=O) groups excluding carboxylic acids is 2. The number of urea groups is 1. The van der Waals surface area contributed by atoms with Crippen LogP contribution in [0.4, 0.5) is 23.7 Å². The fourth-order valence-electron chi connectivity index (χ4n) is 4.06. The molecule has 2 N–H and O–H groups in total. The molecular formula is C25H26F3N5O2. The first kappa shape index (κ1) is 24.4. The number of nitrogens with zero attached hydrogens (tertiary/aromatic N) is 3. The predicted octanol–water partition coefficient (Wildman–Crippen LogP) is 3.56. The van der Waals surface area contributed by atoms with Gasteiger partial charge in [0.05, 0.1) is 17.2 Å². The summed E-state index contributed by atoms with van der Waals surface area (Å²) >= 11 is 0. The van der Waals surface area contributed by atoms with Gasteiger partial charge in [-0.3, -0.25) is 4.79 Å². The molecule has 4 rings (SSSR count). The maximum absolute atomic E-state index is 13.5. The Hall–Kier alpha value is -3.74. The second kappa shape index (κ2) is 9.86. The number of nitriles is 1. The quantitative estimate of drug-likeness (QED) is 0.678. The molecule has 1 saturated heterocycles. The highest BCUT2D eigenvalue weighted by Gasteiger charge is 2.39. The van der Waals surface area contributed by atoms with Gasteiger partial charge in [0.25, 0.3) is 0 Å². The van der Waals surface area contributed by atoms with E-state index in [1.54, 1.807) is 11.0 Å². The third kappa shape index (κ3) is 5.85. The molecule has 2 aromatic rings. The van der Waals surface area contributed by atoms with Crippen molar-refractivity contribution >= 4 is 17.6 Å². The molecule has 10 heteroatoms. The molecule has 1 atom stereocenters. The number of carbonyl (C=O) groups is 2. The highest BCUT2D eigenvalue weighted by molar-refractivity contribution is 5.88. The van der Waals surface area contributed by atoms with E-state index in [0.717, 1.165) is 36.1 Å². The molecule has 184 valence electrons. The van der Waals surface area contributed by atoms with Crippen LogP contribution in [0.5, 0.6) is 0 Å². The third-order valence-corrected chi connectivity index (χ3v) is 6.23. The van der Waals surface area contributed by atoms with E-state index in [-0.39, 0.29) is 37.3 Å².